The first-order valence-electron chi connectivity index (χ1n) is 6.27. The molecule has 1 rings (SSSR count). The van der Waals surface area contributed by atoms with Crippen molar-refractivity contribution in [2.24, 2.45) is 10.4 Å². The molecule has 0 fully saturated rings. The Morgan fingerprint density at radius 3 is 2.65 bits per heavy atom. The highest BCUT2D eigenvalue weighted by Crippen LogP contribution is 2.34. The molecule has 0 aromatic carbocycles. The molecule has 0 spiro atoms. The minimum absolute atomic E-state index is 0.0652. The van der Waals surface area contributed by atoms with E-state index in [-0.39, 0.29) is 5.91 Å². The summed E-state index contributed by atoms with van der Waals surface area (Å²) in [5, 5.41) is 6.83. The highest BCUT2D eigenvalue weighted by atomic mass is 32.2. The number of amidine groups is 1. The summed E-state index contributed by atoms with van der Waals surface area (Å²) < 4.78 is 0. The van der Waals surface area contributed by atoms with Gasteiger partial charge in [-0.05, 0) is 18.3 Å². The minimum Gasteiger partial charge on any atom is -0.364 e. The summed E-state index contributed by atoms with van der Waals surface area (Å²) in [5.74, 6) is 1.20. The van der Waals surface area contributed by atoms with E-state index in [1.165, 1.54) is 12.8 Å². The zero-order chi connectivity index (χ0) is 12.7. The summed E-state index contributed by atoms with van der Waals surface area (Å²) in [4.78, 5) is 15.6. The minimum atomic E-state index is 0.0652. The maximum atomic E-state index is 11.1. The summed E-state index contributed by atoms with van der Waals surface area (Å²) in [6.07, 6.45) is 2.87. The van der Waals surface area contributed by atoms with Gasteiger partial charge in [0.15, 0.2) is 5.17 Å². The Morgan fingerprint density at radius 2 is 2.18 bits per heavy atom. The fraction of sp³-hybridized carbons (Fsp3) is 0.833. The Morgan fingerprint density at radius 1 is 1.47 bits per heavy atom. The molecule has 0 saturated carbocycles. The van der Waals surface area contributed by atoms with Crippen LogP contribution in [-0.4, -0.2) is 37.0 Å². The van der Waals surface area contributed by atoms with Gasteiger partial charge in [-0.2, -0.15) is 0 Å². The molecule has 0 unspecified atom stereocenters. The predicted octanol–water partition coefficient (Wildman–Crippen LogP) is 1.62. The van der Waals surface area contributed by atoms with Gasteiger partial charge in [-0.15, -0.1) is 0 Å². The van der Waals surface area contributed by atoms with Crippen LogP contribution in [0.5, 0.6) is 0 Å². The van der Waals surface area contributed by atoms with E-state index >= 15 is 0 Å². The molecule has 0 aliphatic carbocycles. The predicted molar refractivity (Wildman–Crippen MR) is 74.5 cm³/mol. The van der Waals surface area contributed by atoms with Gasteiger partial charge >= 0.3 is 0 Å². The molecular formula is C12H23N3OS. The molecule has 5 heteroatoms. The van der Waals surface area contributed by atoms with E-state index in [0.717, 1.165) is 17.5 Å². The lowest BCUT2D eigenvalue weighted by atomic mass is 9.84. The third-order valence-electron chi connectivity index (χ3n) is 3.48. The van der Waals surface area contributed by atoms with Crippen molar-refractivity contribution in [3.8, 4) is 0 Å². The quantitative estimate of drug-likeness (QED) is 0.787. The molecule has 0 atom stereocenters. The van der Waals surface area contributed by atoms with Gasteiger partial charge in [0.05, 0.1) is 0 Å². The number of hydrogen-bond donors (Lipinski definition) is 2. The maximum Gasteiger partial charge on any atom is 0.221 e. The summed E-state index contributed by atoms with van der Waals surface area (Å²) >= 11 is 1.79. The lowest BCUT2D eigenvalue weighted by Crippen LogP contribution is -2.35. The lowest BCUT2D eigenvalue weighted by molar-refractivity contribution is -0.120. The van der Waals surface area contributed by atoms with Crippen LogP contribution >= 0.6 is 11.8 Å². The first-order chi connectivity index (χ1) is 8.15. The molecule has 4 nitrogen and oxygen atoms in total. The van der Waals surface area contributed by atoms with Crippen molar-refractivity contribution < 1.29 is 4.79 Å². The van der Waals surface area contributed by atoms with Crippen molar-refractivity contribution in [1.82, 2.24) is 10.6 Å². The highest BCUT2D eigenvalue weighted by Gasteiger charge is 2.29. The van der Waals surface area contributed by atoms with Crippen LogP contribution in [0.15, 0.2) is 4.99 Å². The molecule has 0 aromatic rings. The average Bonchev–Trinajstić information content (AvgIpc) is 2.39. The van der Waals surface area contributed by atoms with Crippen LogP contribution in [0.3, 0.4) is 0 Å². The van der Waals surface area contributed by atoms with E-state index in [0.29, 0.717) is 18.4 Å². The highest BCUT2D eigenvalue weighted by molar-refractivity contribution is 8.13. The standard InChI is InChI=1S/C12H23N3OS/c1-4-12(5-2)8-15-11(17-9-12)14-7-6-10(16)13-3/h4-9H2,1-3H3,(H,13,16)(H,14,15). The SMILES string of the molecule is CCC1(CC)CN=C(NCCC(=O)NC)SC1. The van der Waals surface area contributed by atoms with E-state index in [1.54, 1.807) is 18.8 Å². The van der Waals surface area contributed by atoms with Crippen LogP contribution in [0, 0.1) is 5.41 Å². The molecule has 17 heavy (non-hydrogen) atoms. The number of amides is 1. The third-order valence-corrected chi connectivity index (χ3v) is 4.78. The van der Waals surface area contributed by atoms with Gasteiger partial charge < -0.3 is 10.6 Å². The van der Waals surface area contributed by atoms with E-state index < -0.39 is 0 Å². The van der Waals surface area contributed by atoms with Crippen LogP contribution in [-0.2, 0) is 4.79 Å². The summed E-state index contributed by atoms with van der Waals surface area (Å²) in [6, 6.07) is 0. The summed E-state index contributed by atoms with van der Waals surface area (Å²) in [6.45, 7) is 6.05. The number of thioether (sulfide) groups is 1. The van der Waals surface area contributed by atoms with Gasteiger partial charge in [0.1, 0.15) is 0 Å². The lowest BCUT2D eigenvalue weighted by Gasteiger charge is -2.33. The molecule has 1 aliphatic rings. The van der Waals surface area contributed by atoms with Crippen molar-refractivity contribution in [2.45, 2.75) is 33.1 Å². The molecule has 1 amide bonds. The second-order valence-electron chi connectivity index (χ2n) is 4.47. The smallest absolute Gasteiger partial charge is 0.221 e. The van der Waals surface area contributed by atoms with Crippen LogP contribution in [0.2, 0.25) is 0 Å². The zero-order valence-corrected chi connectivity index (χ0v) is 11.8. The van der Waals surface area contributed by atoms with Crippen molar-refractivity contribution in [2.75, 3.05) is 25.9 Å². The summed E-state index contributed by atoms with van der Waals surface area (Å²) in [7, 11) is 1.66. The number of rotatable bonds is 5. The largest absolute Gasteiger partial charge is 0.364 e. The fourth-order valence-electron chi connectivity index (χ4n) is 1.74. The molecule has 98 valence electrons. The molecule has 1 heterocycles. The number of nitrogens with zero attached hydrogens (tertiary/aromatic N) is 1. The molecule has 0 aromatic heterocycles. The Kier molecular flexibility index (Phi) is 5.82. The van der Waals surface area contributed by atoms with E-state index in [9.17, 15) is 4.79 Å². The van der Waals surface area contributed by atoms with E-state index in [1.807, 2.05) is 0 Å². The number of hydrogen-bond acceptors (Lipinski definition) is 4. The number of carbonyl (C=O) groups is 1. The van der Waals surface area contributed by atoms with Gasteiger partial charge in [-0.25, -0.2) is 0 Å². The second kappa shape index (κ2) is 6.89. The Balaban J connectivity index is 2.33. The third kappa shape index (κ3) is 4.22. The molecule has 0 saturated heterocycles. The topological polar surface area (TPSA) is 53.5 Å². The molecule has 0 radical (unpaired) electrons. The Hall–Kier alpha value is -0.710. The number of nitrogens with one attached hydrogen (secondary N) is 2. The number of carbonyl (C=O) groups excluding carboxylic acids is 1. The molecular weight excluding hydrogens is 234 g/mol. The fourth-order valence-corrected chi connectivity index (χ4v) is 3.05. The first kappa shape index (κ1) is 14.4. The van der Waals surface area contributed by atoms with Gasteiger partial charge in [0.25, 0.3) is 0 Å². The van der Waals surface area contributed by atoms with Crippen LogP contribution < -0.4 is 10.6 Å². The van der Waals surface area contributed by atoms with Crippen molar-refractivity contribution in [3.63, 3.8) is 0 Å². The number of aliphatic imine (C=N–C) groups is 1. The second-order valence-corrected chi connectivity index (χ2v) is 5.43. The van der Waals surface area contributed by atoms with Gasteiger partial charge in [0.2, 0.25) is 5.91 Å². The maximum absolute atomic E-state index is 11.1. The van der Waals surface area contributed by atoms with E-state index in [4.69, 9.17) is 0 Å². The monoisotopic (exact) mass is 257 g/mol. The normalized spacial score (nSPS) is 18.4. The molecule has 0 bridgehead atoms. The Labute approximate surface area is 108 Å². The van der Waals surface area contributed by atoms with Crippen LogP contribution in [0.4, 0.5) is 0 Å². The van der Waals surface area contributed by atoms with Crippen molar-refractivity contribution in [1.29, 1.82) is 0 Å². The van der Waals surface area contributed by atoms with Crippen LogP contribution in [0.25, 0.3) is 0 Å². The van der Waals surface area contributed by atoms with Crippen LogP contribution in [0.1, 0.15) is 33.1 Å². The van der Waals surface area contributed by atoms with E-state index in [2.05, 4.69) is 29.5 Å². The van der Waals surface area contributed by atoms with Crippen molar-refractivity contribution >= 4 is 22.8 Å². The molecule has 1 aliphatic heterocycles. The Bertz CT molecular complexity index is 287. The van der Waals surface area contributed by atoms with Gasteiger partial charge in [-0.3, -0.25) is 9.79 Å². The van der Waals surface area contributed by atoms with Crippen molar-refractivity contribution in [3.05, 3.63) is 0 Å². The molecule has 2 N–H and O–H groups in total. The first-order valence-corrected chi connectivity index (χ1v) is 7.26. The van der Waals surface area contributed by atoms with Gasteiger partial charge in [0, 0.05) is 32.3 Å². The zero-order valence-electron chi connectivity index (χ0n) is 11.0. The van der Waals surface area contributed by atoms with Gasteiger partial charge in [-0.1, -0.05) is 25.6 Å². The summed E-state index contributed by atoms with van der Waals surface area (Å²) in [5.41, 5.74) is 0.386. The average molecular weight is 257 g/mol.